The Bertz CT molecular complexity index is 1230. The van der Waals surface area contributed by atoms with Crippen molar-refractivity contribution in [3.05, 3.63) is 129 Å². The van der Waals surface area contributed by atoms with Gasteiger partial charge >= 0.3 is 0 Å². The van der Waals surface area contributed by atoms with E-state index in [1.165, 1.54) is 35.1 Å². The standard InChI is InChI=1S/C33H34Cl2/c1-23-15-18-27(19-16-23)29(20-17-24(2)26-9-5-4-6-10-26)21-25(3)28-11-7-12-30(22-28)31-13-8-14-32(34)33(31)35/h4-16,18-19,22,24-25,29H,17,20-21H2,1-3H3. The van der Waals surface area contributed by atoms with E-state index in [1.807, 2.05) is 18.2 Å². The topological polar surface area (TPSA) is 0 Å². The lowest BCUT2D eigenvalue weighted by atomic mass is 9.81. The van der Waals surface area contributed by atoms with E-state index >= 15 is 0 Å². The van der Waals surface area contributed by atoms with Crippen molar-refractivity contribution in [2.24, 2.45) is 0 Å². The minimum atomic E-state index is 0.422. The van der Waals surface area contributed by atoms with Crippen LogP contribution >= 0.6 is 23.2 Å². The first-order chi connectivity index (χ1) is 16.9. The molecule has 0 saturated heterocycles. The molecule has 0 heterocycles. The monoisotopic (exact) mass is 500 g/mol. The maximum absolute atomic E-state index is 6.53. The lowest BCUT2D eigenvalue weighted by Crippen LogP contribution is -2.07. The van der Waals surface area contributed by atoms with E-state index in [4.69, 9.17) is 23.2 Å². The summed E-state index contributed by atoms with van der Waals surface area (Å²) in [5.41, 5.74) is 7.62. The molecule has 0 amide bonds. The van der Waals surface area contributed by atoms with Crippen LogP contribution in [0.4, 0.5) is 0 Å². The fourth-order valence-electron chi connectivity index (χ4n) is 4.96. The summed E-state index contributed by atoms with van der Waals surface area (Å²) >= 11 is 12.8. The molecule has 0 radical (unpaired) electrons. The molecule has 35 heavy (non-hydrogen) atoms. The SMILES string of the molecule is Cc1ccc(C(CCC(C)c2ccccc2)CC(C)c2cccc(-c3cccc(Cl)c3Cl)c2)cc1. The molecule has 0 bridgehead atoms. The number of rotatable bonds is 9. The van der Waals surface area contributed by atoms with Crippen molar-refractivity contribution in [1.82, 2.24) is 0 Å². The van der Waals surface area contributed by atoms with Gasteiger partial charge in [-0.2, -0.15) is 0 Å². The Morgan fingerprint density at radius 1 is 0.629 bits per heavy atom. The van der Waals surface area contributed by atoms with Crippen LogP contribution in [0.3, 0.4) is 0 Å². The second-order valence-corrected chi connectivity index (χ2v) is 10.6. The zero-order valence-electron chi connectivity index (χ0n) is 20.8. The minimum Gasteiger partial charge on any atom is -0.0827 e. The fourth-order valence-corrected chi connectivity index (χ4v) is 5.37. The van der Waals surface area contributed by atoms with Gasteiger partial charge in [0.25, 0.3) is 0 Å². The largest absolute Gasteiger partial charge is 0.0827 e. The molecular formula is C33H34Cl2. The summed E-state index contributed by atoms with van der Waals surface area (Å²) in [5.74, 6) is 1.48. The number of halogens is 2. The van der Waals surface area contributed by atoms with Crippen LogP contribution in [-0.2, 0) is 0 Å². The molecule has 2 heteroatoms. The second-order valence-electron chi connectivity index (χ2n) is 9.86. The highest BCUT2D eigenvalue weighted by Crippen LogP contribution is 2.38. The van der Waals surface area contributed by atoms with Crippen molar-refractivity contribution in [2.75, 3.05) is 0 Å². The average molecular weight is 502 g/mol. The highest BCUT2D eigenvalue weighted by Gasteiger charge is 2.19. The van der Waals surface area contributed by atoms with Crippen LogP contribution in [0, 0.1) is 6.92 Å². The summed E-state index contributed by atoms with van der Waals surface area (Å²) in [5, 5.41) is 1.21. The lowest BCUT2D eigenvalue weighted by Gasteiger charge is -2.24. The number of aryl methyl sites for hydroxylation is 1. The van der Waals surface area contributed by atoms with Gasteiger partial charge in [0.05, 0.1) is 10.0 Å². The van der Waals surface area contributed by atoms with Crippen LogP contribution in [0.1, 0.15) is 73.1 Å². The van der Waals surface area contributed by atoms with Gasteiger partial charge in [-0.3, -0.25) is 0 Å². The summed E-state index contributed by atoms with van der Waals surface area (Å²) in [6.45, 7) is 6.86. The minimum absolute atomic E-state index is 0.422. The fraction of sp³-hybridized carbons (Fsp3) is 0.273. The van der Waals surface area contributed by atoms with Crippen LogP contribution in [0.25, 0.3) is 11.1 Å². The van der Waals surface area contributed by atoms with Crippen molar-refractivity contribution in [3.63, 3.8) is 0 Å². The first-order valence-corrected chi connectivity index (χ1v) is 13.3. The van der Waals surface area contributed by atoms with Crippen molar-refractivity contribution in [2.45, 2.75) is 57.8 Å². The smallest absolute Gasteiger partial charge is 0.0670 e. The Hall–Kier alpha value is -2.54. The predicted octanol–water partition coefficient (Wildman–Crippen LogP) is 10.8. The van der Waals surface area contributed by atoms with Crippen molar-refractivity contribution >= 4 is 23.2 Å². The molecule has 0 aliphatic heterocycles. The van der Waals surface area contributed by atoms with Crippen LogP contribution in [0.15, 0.2) is 97.1 Å². The van der Waals surface area contributed by atoms with Gasteiger partial charge in [0, 0.05) is 5.56 Å². The third kappa shape index (κ3) is 6.57. The van der Waals surface area contributed by atoms with Gasteiger partial charge in [0.1, 0.15) is 0 Å². The molecule has 0 spiro atoms. The van der Waals surface area contributed by atoms with Crippen molar-refractivity contribution in [1.29, 1.82) is 0 Å². The lowest BCUT2D eigenvalue weighted by molar-refractivity contribution is 0.487. The zero-order valence-corrected chi connectivity index (χ0v) is 22.4. The molecule has 4 rings (SSSR count). The van der Waals surface area contributed by atoms with Gasteiger partial charge in [-0.25, -0.2) is 0 Å². The molecule has 3 unspecified atom stereocenters. The van der Waals surface area contributed by atoms with Gasteiger partial charge < -0.3 is 0 Å². The summed E-state index contributed by atoms with van der Waals surface area (Å²) in [6, 6.07) is 34.6. The summed E-state index contributed by atoms with van der Waals surface area (Å²) in [6.07, 6.45) is 3.45. The highest BCUT2D eigenvalue weighted by molar-refractivity contribution is 6.43. The van der Waals surface area contributed by atoms with Crippen molar-refractivity contribution < 1.29 is 0 Å². The normalized spacial score (nSPS) is 13.9. The summed E-state index contributed by atoms with van der Waals surface area (Å²) in [4.78, 5) is 0. The summed E-state index contributed by atoms with van der Waals surface area (Å²) < 4.78 is 0. The van der Waals surface area contributed by atoms with Crippen molar-refractivity contribution in [3.8, 4) is 11.1 Å². The van der Waals surface area contributed by atoms with Gasteiger partial charge in [0.2, 0.25) is 0 Å². The van der Waals surface area contributed by atoms with E-state index in [0.29, 0.717) is 27.8 Å². The molecule has 0 saturated carbocycles. The van der Waals surface area contributed by atoms with Crippen LogP contribution in [-0.4, -0.2) is 0 Å². The maximum Gasteiger partial charge on any atom is 0.0670 e. The molecule has 0 fully saturated rings. The molecule has 0 aromatic heterocycles. The molecule has 4 aromatic carbocycles. The molecule has 180 valence electrons. The summed E-state index contributed by atoms with van der Waals surface area (Å²) in [7, 11) is 0. The third-order valence-electron chi connectivity index (χ3n) is 7.22. The molecule has 3 atom stereocenters. The Morgan fingerprint density at radius 3 is 2.06 bits per heavy atom. The second kappa shape index (κ2) is 11.9. The maximum atomic E-state index is 6.53. The quantitative estimate of drug-likeness (QED) is 0.214. The van der Waals surface area contributed by atoms with Crippen LogP contribution in [0.5, 0.6) is 0 Å². The average Bonchev–Trinajstić information content (AvgIpc) is 2.89. The van der Waals surface area contributed by atoms with Crippen LogP contribution in [0.2, 0.25) is 10.0 Å². The van der Waals surface area contributed by atoms with Gasteiger partial charge in [0.15, 0.2) is 0 Å². The van der Waals surface area contributed by atoms with E-state index < -0.39 is 0 Å². The Kier molecular flexibility index (Phi) is 8.71. The molecule has 4 aromatic rings. The molecule has 0 aliphatic rings. The van der Waals surface area contributed by atoms with Gasteiger partial charge in [-0.1, -0.05) is 134 Å². The van der Waals surface area contributed by atoms with Crippen LogP contribution < -0.4 is 0 Å². The third-order valence-corrected chi connectivity index (χ3v) is 8.04. The van der Waals surface area contributed by atoms with E-state index in [0.717, 1.165) is 17.5 Å². The highest BCUT2D eigenvalue weighted by atomic mass is 35.5. The Morgan fingerprint density at radius 2 is 1.31 bits per heavy atom. The van der Waals surface area contributed by atoms with E-state index in [2.05, 4.69) is 99.6 Å². The van der Waals surface area contributed by atoms with Gasteiger partial charge in [-0.15, -0.1) is 0 Å². The van der Waals surface area contributed by atoms with E-state index in [-0.39, 0.29) is 0 Å². The number of hydrogen-bond donors (Lipinski definition) is 0. The van der Waals surface area contributed by atoms with Gasteiger partial charge in [-0.05, 0) is 72.3 Å². The number of benzene rings is 4. The molecular weight excluding hydrogens is 467 g/mol. The first kappa shape index (κ1) is 25.5. The Labute approximate surface area is 220 Å². The predicted molar refractivity (Wildman–Crippen MR) is 153 cm³/mol. The number of hydrogen-bond acceptors (Lipinski definition) is 0. The van der Waals surface area contributed by atoms with E-state index in [1.54, 1.807) is 0 Å². The zero-order chi connectivity index (χ0) is 24.8. The molecule has 0 aliphatic carbocycles. The Balaban J connectivity index is 1.54. The molecule has 0 nitrogen and oxygen atoms in total. The molecule has 0 N–H and O–H groups in total. The first-order valence-electron chi connectivity index (χ1n) is 12.6. The van der Waals surface area contributed by atoms with E-state index in [9.17, 15) is 0 Å².